The lowest BCUT2D eigenvalue weighted by atomic mass is 10.1. The van der Waals surface area contributed by atoms with E-state index in [9.17, 15) is 8.42 Å². The minimum absolute atomic E-state index is 0.329. The molecule has 1 unspecified atom stereocenters. The molecule has 0 aliphatic carbocycles. The quantitative estimate of drug-likeness (QED) is 0.733. The van der Waals surface area contributed by atoms with Crippen LogP contribution in [0, 0.1) is 5.92 Å². The molecule has 0 bridgehead atoms. The Balaban J connectivity index is 2.71. The third-order valence-electron chi connectivity index (χ3n) is 3.18. The molecule has 5 nitrogen and oxygen atoms in total. The van der Waals surface area contributed by atoms with Gasteiger partial charge in [0.2, 0.25) is 0 Å². The maximum atomic E-state index is 12.4. The highest BCUT2D eigenvalue weighted by atomic mass is 32.2. The number of hydrogen-bond acceptors (Lipinski definition) is 3. The molecule has 1 atom stereocenters. The van der Waals surface area contributed by atoms with Crippen LogP contribution >= 0.6 is 0 Å². The molecule has 1 saturated heterocycles. The highest BCUT2D eigenvalue weighted by molar-refractivity contribution is 7.86. The molecule has 0 aromatic heterocycles. The number of nitrogens with two attached hydrogens (primary N) is 1. The molecule has 1 fully saturated rings. The van der Waals surface area contributed by atoms with Gasteiger partial charge in [-0.15, -0.1) is 0 Å². The molecule has 17 heavy (non-hydrogen) atoms. The molecule has 2 N–H and O–H groups in total. The Kier molecular flexibility index (Phi) is 5.85. The van der Waals surface area contributed by atoms with Gasteiger partial charge in [-0.1, -0.05) is 13.8 Å². The molecule has 1 aliphatic heterocycles. The van der Waals surface area contributed by atoms with Crippen molar-refractivity contribution in [2.45, 2.75) is 33.1 Å². The van der Waals surface area contributed by atoms with E-state index in [0.29, 0.717) is 38.6 Å². The van der Waals surface area contributed by atoms with Gasteiger partial charge in [-0.25, -0.2) is 0 Å². The van der Waals surface area contributed by atoms with Crippen molar-refractivity contribution in [2.75, 3.05) is 32.7 Å². The molecule has 0 radical (unpaired) electrons. The van der Waals surface area contributed by atoms with E-state index in [-0.39, 0.29) is 0 Å². The number of rotatable bonds is 7. The van der Waals surface area contributed by atoms with E-state index >= 15 is 0 Å². The lowest BCUT2D eigenvalue weighted by Gasteiger charge is -2.26. The summed E-state index contributed by atoms with van der Waals surface area (Å²) in [4.78, 5) is 0. The molecular weight excluding hydrogens is 238 g/mol. The van der Waals surface area contributed by atoms with Crippen molar-refractivity contribution in [2.24, 2.45) is 11.7 Å². The number of hydrogen-bond donors (Lipinski definition) is 1. The molecule has 1 aliphatic rings. The van der Waals surface area contributed by atoms with Gasteiger partial charge in [0.25, 0.3) is 10.2 Å². The Hall–Kier alpha value is -0.170. The third-order valence-corrected chi connectivity index (χ3v) is 5.18. The van der Waals surface area contributed by atoms with Crippen molar-refractivity contribution in [3.63, 3.8) is 0 Å². The average molecular weight is 263 g/mol. The predicted octanol–water partition coefficient (Wildman–Crippen LogP) is 0.634. The fraction of sp³-hybridized carbons (Fsp3) is 1.00. The predicted molar refractivity (Wildman–Crippen MR) is 69.8 cm³/mol. The fourth-order valence-electron chi connectivity index (χ4n) is 2.20. The van der Waals surface area contributed by atoms with Gasteiger partial charge in [0.1, 0.15) is 0 Å². The fourth-order valence-corrected chi connectivity index (χ4v) is 4.09. The van der Waals surface area contributed by atoms with Gasteiger partial charge in [0, 0.05) is 26.2 Å². The summed E-state index contributed by atoms with van der Waals surface area (Å²) in [6.45, 7) is 7.01. The van der Waals surface area contributed by atoms with Crippen LogP contribution in [0.15, 0.2) is 0 Å². The molecule has 102 valence electrons. The van der Waals surface area contributed by atoms with Crippen molar-refractivity contribution >= 4 is 10.2 Å². The van der Waals surface area contributed by atoms with Crippen LogP contribution in [0.3, 0.4) is 0 Å². The van der Waals surface area contributed by atoms with Crippen LogP contribution in [0.5, 0.6) is 0 Å². The largest absolute Gasteiger partial charge is 0.330 e. The van der Waals surface area contributed by atoms with Crippen molar-refractivity contribution in [3.8, 4) is 0 Å². The summed E-state index contributed by atoms with van der Waals surface area (Å²) in [5.41, 5.74) is 5.60. The van der Waals surface area contributed by atoms with Crippen LogP contribution in [0.1, 0.15) is 33.1 Å². The summed E-state index contributed by atoms with van der Waals surface area (Å²) in [6, 6.07) is 0. The van der Waals surface area contributed by atoms with Gasteiger partial charge in [-0.2, -0.15) is 17.0 Å². The Morgan fingerprint density at radius 3 is 2.29 bits per heavy atom. The van der Waals surface area contributed by atoms with Gasteiger partial charge in [-0.05, 0) is 31.7 Å². The summed E-state index contributed by atoms with van der Waals surface area (Å²) in [5, 5.41) is 0. The second-order valence-electron chi connectivity index (χ2n) is 4.66. The molecule has 0 spiro atoms. The maximum Gasteiger partial charge on any atom is 0.281 e. The molecular formula is C11H25N3O2S. The van der Waals surface area contributed by atoms with E-state index in [0.717, 1.165) is 19.3 Å². The smallest absolute Gasteiger partial charge is 0.281 e. The molecule has 0 saturated carbocycles. The highest BCUT2D eigenvalue weighted by Crippen LogP contribution is 2.21. The standard InChI is InChI=1S/C11H25N3O2S/c1-3-6-13(7-4-2)17(15,16)14-8-5-11(9-12)10-14/h11H,3-10,12H2,1-2H3. The van der Waals surface area contributed by atoms with Crippen LogP contribution in [0.2, 0.25) is 0 Å². The highest BCUT2D eigenvalue weighted by Gasteiger charge is 2.34. The molecule has 0 aromatic rings. The van der Waals surface area contributed by atoms with E-state index in [4.69, 9.17) is 5.73 Å². The first-order chi connectivity index (χ1) is 8.06. The molecule has 0 amide bonds. The van der Waals surface area contributed by atoms with Gasteiger partial charge in [0.15, 0.2) is 0 Å². The van der Waals surface area contributed by atoms with Crippen LogP contribution in [-0.2, 0) is 10.2 Å². The summed E-state index contributed by atoms with van der Waals surface area (Å²) >= 11 is 0. The Morgan fingerprint density at radius 2 is 1.88 bits per heavy atom. The SMILES string of the molecule is CCCN(CCC)S(=O)(=O)N1CCC(CN)C1. The van der Waals surface area contributed by atoms with Crippen LogP contribution in [0.25, 0.3) is 0 Å². The zero-order valence-corrected chi connectivity index (χ0v) is 11.7. The van der Waals surface area contributed by atoms with Gasteiger partial charge in [-0.3, -0.25) is 0 Å². The first-order valence-corrected chi connectivity index (χ1v) is 7.91. The van der Waals surface area contributed by atoms with E-state index in [1.54, 1.807) is 8.61 Å². The molecule has 1 heterocycles. The minimum Gasteiger partial charge on any atom is -0.330 e. The van der Waals surface area contributed by atoms with Crippen molar-refractivity contribution < 1.29 is 8.42 Å². The lowest BCUT2D eigenvalue weighted by molar-refractivity contribution is 0.354. The van der Waals surface area contributed by atoms with E-state index in [1.165, 1.54) is 0 Å². The van der Waals surface area contributed by atoms with Crippen LogP contribution in [0.4, 0.5) is 0 Å². The summed E-state index contributed by atoms with van der Waals surface area (Å²) < 4.78 is 28.0. The lowest BCUT2D eigenvalue weighted by Crippen LogP contribution is -2.43. The topological polar surface area (TPSA) is 66.6 Å². The molecule has 1 rings (SSSR count). The van der Waals surface area contributed by atoms with Crippen LogP contribution in [-0.4, -0.2) is 49.8 Å². The summed E-state index contributed by atoms with van der Waals surface area (Å²) in [6.07, 6.45) is 2.60. The zero-order chi connectivity index (χ0) is 12.9. The van der Waals surface area contributed by atoms with Gasteiger partial charge < -0.3 is 5.73 Å². The van der Waals surface area contributed by atoms with Gasteiger partial charge >= 0.3 is 0 Å². The van der Waals surface area contributed by atoms with Crippen LogP contribution < -0.4 is 5.73 Å². The first-order valence-electron chi connectivity index (χ1n) is 6.51. The monoisotopic (exact) mass is 263 g/mol. The number of nitrogens with zero attached hydrogens (tertiary/aromatic N) is 2. The molecule has 0 aromatic carbocycles. The van der Waals surface area contributed by atoms with E-state index < -0.39 is 10.2 Å². The molecule has 6 heteroatoms. The maximum absolute atomic E-state index is 12.4. The second-order valence-corrected chi connectivity index (χ2v) is 6.58. The minimum atomic E-state index is -3.26. The first kappa shape index (κ1) is 14.9. The second kappa shape index (κ2) is 6.68. The van der Waals surface area contributed by atoms with Crippen molar-refractivity contribution in [1.29, 1.82) is 0 Å². The Bertz CT molecular complexity index is 313. The average Bonchev–Trinajstić information content (AvgIpc) is 2.78. The normalized spacial score (nSPS) is 22.5. The van der Waals surface area contributed by atoms with Crippen molar-refractivity contribution in [1.82, 2.24) is 8.61 Å². The Morgan fingerprint density at radius 1 is 1.29 bits per heavy atom. The third kappa shape index (κ3) is 3.64. The van der Waals surface area contributed by atoms with E-state index in [2.05, 4.69) is 0 Å². The van der Waals surface area contributed by atoms with Gasteiger partial charge in [0.05, 0.1) is 0 Å². The van der Waals surface area contributed by atoms with Crippen molar-refractivity contribution in [3.05, 3.63) is 0 Å². The summed E-state index contributed by atoms with van der Waals surface area (Å²) in [7, 11) is -3.26. The summed E-state index contributed by atoms with van der Waals surface area (Å²) in [5.74, 6) is 0.329. The van der Waals surface area contributed by atoms with E-state index in [1.807, 2.05) is 13.8 Å². The Labute approximate surface area is 105 Å². The zero-order valence-electron chi connectivity index (χ0n) is 10.9.